The van der Waals surface area contributed by atoms with Gasteiger partial charge in [0.1, 0.15) is 12.1 Å². The third kappa shape index (κ3) is 3.88. The predicted molar refractivity (Wildman–Crippen MR) is 98.6 cm³/mol. The molecule has 0 atom stereocenters. The average Bonchev–Trinajstić information content (AvgIpc) is 2.96. The van der Waals surface area contributed by atoms with Gasteiger partial charge in [-0.05, 0) is 44.2 Å². The number of nitrogens with zero attached hydrogens (tertiary/aromatic N) is 4. The molecule has 0 aliphatic carbocycles. The molecule has 0 fully saturated rings. The van der Waals surface area contributed by atoms with Crippen LogP contribution in [0.5, 0.6) is 11.6 Å². The summed E-state index contributed by atoms with van der Waals surface area (Å²) < 4.78 is 7.57. The lowest BCUT2D eigenvalue weighted by Crippen LogP contribution is -2.17. The molecule has 26 heavy (non-hydrogen) atoms. The molecule has 0 aliphatic heterocycles. The van der Waals surface area contributed by atoms with Crippen molar-refractivity contribution in [1.82, 2.24) is 19.7 Å². The summed E-state index contributed by atoms with van der Waals surface area (Å²) in [5.74, 6) is 1.60. The van der Waals surface area contributed by atoms with Crippen LogP contribution in [0.1, 0.15) is 25.2 Å². The standard InChI is InChI=1S/C19H21N5O2/c1-12(2)19(25)21-15-5-7-16(8-6-15)26-18-10-9-17(22-23-18)24-11-20-13(3)14(24)4/h5-12H,1-4H3,(H,21,25). The van der Waals surface area contributed by atoms with E-state index in [2.05, 4.69) is 20.5 Å². The number of imidazole rings is 1. The van der Waals surface area contributed by atoms with E-state index in [-0.39, 0.29) is 11.8 Å². The van der Waals surface area contributed by atoms with Crippen LogP contribution >= 0.6 is 0 Å². The Kier molecular flexibility index (Phi) is 4.97. The van der Waals surface area contributed by atoms with Gasteiger partial charge in [0.25, 0.3) is 0 Å². The zero-order valence-electron chi connectivity index (χ0n) is 15.2. The number of benzene rings is 1. The first-order chi connectivity index (χ1) is 12.4. The van der Waals surface area contributed by atoms with Crippen LogP contribution in [0.4, 0.5) is 5.69 Å². The van der Waals surface area contributed by atoms with Crippen molar-refractivity contribution in [2.75, 3.05) is 5.32 Å². The molecule has 0 radical (unpaired) electrons. The highest BCUT2D eigenvalue weighted by atomic mass is 16.5. The fraction of sp³-hybridized carbons (Fsp3) is 0.263. The van der Waals surface area contributed by atoms with Crippen molar-refractivity contribution < 1.29 is 9.53 Å². The second-order valence-corrected chi connectivity index (χ2v) is 6.29. The van der Waals surface area contributed by atoms with Crippen LogP contribution in [0, 0.1) is 19.8 Å². The van der Waals surface area contributed by atoms with Crippen molar-refractivity contribution in [3.05, 3.63) is 54.1 Å². The van der Waals surface area contributed by atoms with Gasteiger partial charge in [-0.15, -0.1) is 10.2 Å². The first-order valence-corrected chi connectivity index (χ1v) is 8.37. The van der Waals surface area contributed by atoms with Crippen LogP contribution in [0.15, 0.2) is 42.7 Å². The maximum absolute atomic E-state index is 11.7. The second-order valence-electron chi connectivity index (χ2n) is 6.29. The Morgan fingerprint density at radius 2 is 1.81 bits per heavy atom. The molecule has 2 aromatic heterocycles. The highest BCUT2D eigenvalue weighted by molar-refractivity contribution is 5.92. The Balaban J connectivity index is 1.67. The maximum Gasteiger partial charge on any atom is 0.238 e. The molecule has 0 saturated carbocycles. The topological polar surface area (TPSA) is 81.9 Å². The molecule has 0 unspecified atom stereocenters. The molecule has 3 rings (SSSR count). The smallest absolute Gasteiger partial charge is 0.238 e. The molecule has 7 heteroatoms. The van der Waals surface area contributed by atoms with Gasteiger partial charge in [0.05, 0.1) is 5.69 Å². The van der Waals surface area contributed by atoms with Gasteiger partial charge in [0.2, 0.25) is 11.8 Å². The summed E-state index contributed by atoms with van der Waals surface area (Å²) in [4.78, 5) is 16.0. The van der Waals surface area contributed by atoms with E-state index in [9.17, 15) is 4.79 Å². The molecule has 1 N–H and O–H groups in total. The van der Waals surface area contributed by atoms with Crippen LogP contribution in [-0.2, 0) is 4.79 Å². The van der Waals surface area contributed by atoms with Crippen molar-refractivity contribution in [3.8, 4) is 17.4 Å². The number of hydrogen-bond donors (Lipinski definition) is 1. The van der Waals surface area contributed by atoms with Gasteiger partial charge < -0.3 is 10.1 Å². The van der Waals surface area contributed by atoms with Crippen LogP contribution < -0.4 is 10.1 Å². The normalized spacial score (nSPS) is 10.8. The Hall–Kier alpha value is -3.22. The summed E-state index contributed by atoms with van der Waals surface area (Å²) in [7, 11) is 0. The number of amides is 1. The van der Waals surface area contributed by atoms with Gasteiger partial charge in [-0.1, -0.05) is 13.8 Å². The van der Waals surface area contributed by atoms with Crippen LogP contribution in [0.3, 0.4) is 0 Å². The maximum atomic E-state index is 11.7. The van der Waals surface area contributed by atoms with E-state index in [0.29, 0.717) is 17.4 Å². The molecular formula is C19H21N5O2. The Bertz CT molecular complexity index is 899. The summed E-state index contributed by atoms with van der Waals surface area (Å²) in [6.07, 6.45) is 1.72. The highest BCUT2D eigenvalue weighted by Crippen LogP contribution is 2.22. The summed E-state index contributed by atoms with van der Waals surface area (Å²) >= 11 is 0. The zero-order chi connectivity index (χ0) is 18.7. The number of aryl methyl sites for hydroxylation is 1. The number of ether oxygens (including phenoxy) is 1. The number of carbonyl (C=O) groups excluding carboxylic acids is 1. The summed E-state index contributed by atoms with van der Waals surface area (Å²) in [5, 5.41) is 11.1. The number of aromatic nitrogens is 4. The minimum atomic E-state index is -0.0670. The largest absolute Gasteiger partial charge is 0.438 e. The van der Waals surface area contributed by atoms with Gasteiger partial charge in [-0.2, -0.15) is 0 Å². The first-order valence-electron chi connectivity index (χ1n) is 8.37. The van der Waals surface area contributed by atoms with Crippen molar-refractivity contribution in [3.63, 3.8) is 0 Å². The van der Waals surface area contributed by atoms with Crippen molar-refractivity contribution in [2.24, 2.45) is 5.92 Å². The van der Waals surface area contributed by atoms with Gasteiger partial charge >= 0.3 is 0 Å². The fourth-order valence-corrected chi connectivity index (χ4v) is 2.24. The number of rotatable bonds is 5. The van der Waals surface area contributed by atoms with Crippen molar-refractivity contribution >= 4 is 11.6 Å². The number of carbonyl (C=O) groups is 1. The highest BCUT2D eigenvalue weighted by Gasteiger charge is 2.09. The Morgan fingerprint density at radius 1 is 1.08 bits per heavy atom. The third-order valence-electron chi connectivity index (χ3n) is 3.99. The van der Waals surface area contributed by atoms with E-state index in [0.717, 1.165) is 17.1 Å². The van der Waals surface area contributed by atoms with E-state index in [1.807, 2.05) is 38.3 Å². The second kappa shape index (κ2) is 7.35. The minimum absolute atomic E-state index is 0.0230. The molecule has 0 bridgehead atoms. The number of nitrogens with one attached hydrogen (secondary N) is 1. The SMILES string of the molecule is Cc1ncn(-c2ccc(Oc3ccc(NC(=O)C(C)C)cc3)nn2)c1C. The Labute approximate surface area is 152 Å². The molecule has 134 valence electrons. The van der Waals surface area contributed by atoms with Crippen LogP contribution in [0.25, 0.3) is 5.82 Å². The van der Waals surface area contributed by atoms with E-state index in [4.69, 9.17) is 4.74 Å². The number of anilines is 1. The lowest BCUT2D eigenvalue weighted by atomic mass is 10.2. The molecule has 2 heterocycles. The molecule has 1 amide bonds. The van der Waals surface area contributed by atoms with Crippen molar-refractivity contribution in [1.29, 1.82) is 0 Å². The number of hydrogen-bond acceptors (Lipinski definition) is 5. The van der Waals surface area contributed by atoms with Gasteiger partial charge in [-0.25, -0.2) is 4.98 Å². The lowest BCUT2D eigenvalue weighted by molar-refractivity contribution is -0.118. The fourth-order valence-electron chi connectivity index (χ4n) is 2.24. The lowest BCUT2D eigenvalue weighted by Gasteiger charge is -2.09. The van der Waals surface area contributed by atoms with E-state index in [1.54, 1.807) is 36.7 Å². The molecular weight excluding hydrogens is 330 g/mol. The average molecular weight is 351 g/mol. The van der Waals surface area contributed by atoms with Crippen LogP contribution in [-0.4, -0.2) is 25.7 Å². The molecule has 0 spiro atoms. The van der Waals surface area contributed by atoms with E-state index >= 15 is 0 Å². The third-order valence-corrected chi connectivity index (χ3v) is 3.99. The molecule has 3 aromatic rings. The van der Waals surface area contributed by atoms with E-state index < -0.39 is 0 Å². The van der Waals surface area contributed by atoms with Crippen molar-refractivity contribution in [2.45, 2.75) is 27.7 Å². The van der Waals surface area contributed by atoms with Gasteiger partial charge in [0, 0.05) is 23.4 Å². The van der Waals surface area contributed by atoms with Gasteiger partial charge in [0.15, 0.2) is 5.82 Å². The zero-order valence-corrected chi connectivity index (χ0v) is 15.2. The summed E-state index contributed by atoms with van der Waals surface area (Å²) in [6.45, 7) is 7.63. The molecule has 7 nitrogen and oxygen atoms in total. The van der Waals surface area contributed by atoms with Crippen LogP contribution in [0.2, 0.25) is 0 Å². The van der Waals surface area contributed by atoms with E-state index in [1.165, 1.54) is 0 Å². The minimum Gasteiger partial charge on any atom is -0.438 e. The first kappa shape index (κ1) is 17.6. The molecule has 1 aromatic carbocycles. The summed E-state index contributed by atoms with van der Waals surface area (Å²) in [5.41, 5.74) is 2.70. The predicted octanol–water partition coefficient (Wildman–Crippen LogP) is 3.67. The molecule has 0 saturated heterocycles. The quantitative estimate of drug-likeness (QED) is 0.758. The monoisotopic (exact) mass is 351 g/mol. The Morgan fingerprint density at radius 3 is 2.35 bits per heavy atom. The van der Waals surface area contributed by atoms with Gasteiger partial charge in [-0.3, -0.25) is 9.36 Å². The summed E-state index contributed by atoms with van der Waals surface area (Å²) in [6, 6.07) is 10.7. The molecule has 0 aliphatic rings.